The van der Waals surface area contributed by atoms with Crippen molar-refractivity contribution < 1.29 is 14.7 Å². The molecule has 2 atom stereocenters. The van der Waals surface area contributed by atoms with Crippen molar-refractivity contribution in [1.29, 1.82) is 0 Å². The lowest BCUT2D eigenvalue weighted by Gasteiger charge is -2.40. The molecule has 1 saturated carbocycles. The van der Waals surface area contributed by atoms with Gasteiger partial charge in [-0.05, 0) is 18.8 Å². The second kappa shape index (κ2) is 5.49. The molecule has 5 heteroatoms. The maximum Gasteiger partial charge on any atom is 0.326 e. The highest BCUT2D eigenvalue weighted by molar-refractivity contribution is 5.88. The van der Waals surface area contributed by atoms with Crippen LogP contribution in [0.4, 0.5) is 0 Å². The summed E-state index contributed by atoms with van der Waals surface area (Å²) in [5, 5.41) is 11.7. The number of carbonyl (C=O) groups is 2. The van der Waals surface area contributed by atoms with Gasteiger partial charge < -0.3 is 16.2 Å². The summed E-state index contributed by atoms with van der Waals surface area (Å²) in [5.41, 5.74) is 5.11. The third kappa shape index (κ3) is 2.77. The molecule has 98 valence electrons. The topological polar surface area (TPSA) is 92.4 Å². The Morgan fingerprint density at radius 1 is 1.47 bits per heavy atom. The zero-order valence-electron chi connectivity index (χ0n) is 10.5. The summed E-state index contributed by atoms with van der Waals surface area (Å²) in [5.74, 6) is -1.25. The number of hydrogen-bond donors (Lipinski definition) is 3. The Morgan fingerprint density at radius 3 is 2.35 bits per heavy atom. The summed E-state index contributed by atoms with van der Waals surface area (Å²) in [4.78, 5) is 23.2. The highest BCUT2D eigenvalue weighted by atomic mass is 16.4. The number of rotatable bonds is 6. The summed E-state index contributed by atoms with van der Waals surface area (Å²) in [6.45, 7) is 4.04. The number of nitrogens with two attached hydrogens (primary N) is 1. The van der Waals surface area contributed by atoms with Crippen LogP contribution in [0.3, 0.4) is 0 Å². The summed E-state index contributed by atoms with van der Waals surface area (Å²) in [6.07, 6.45) is 3.24. The number of nitrogens with one attached hydrogen (secondary N) is 1. The normalized spacial score (nSPS) is 21.1. The van der Waals surface area contributed by atoms with Gasteiger partial charge in [0.05, 0.1) is 5.41 Å². The van der Waals surface area contributed by atoms with Gasteiger partial charge in [0.2, 0.25) is 5.91 Å². The minimum absolute atomic E-state index is 0.0775. The predicted molar refractivity (Wildman–Crippen MR) is 64.4 cm³/mol. The minimum atomic E-state index is -0.973. The second-order valence-corrected chi connectivity index (χ2v) is 5.01. The van der Waals surface area contributed by atoms with Gasteiger partial charge in [0.1, 0.15) is 6.04 Å². The van der Waals surface area contributed by atoms with E-state index in [1.165, 1.54) is 0 Å². The van der Waals surface area contributed by atoms with Crippen LogP contribution in [0.2, 0.25) is 0 Å². The standard InChI is InChI=1S/C12H22N2O3/c1-3-8(2)9(10(15)16)14-11(17)12(7-13)5-4-6-12/h8-9H,3-7,13H2,1-2H3,(H,14,17)(H,15,16)/t8-,9-/m0/s1. The van der Waals surface area contributed by atoms with E-state index in [0.717, 1.165) is 19.3 Å². The summed E-state index contributed by atoms with van der Waals surface area (Å²) >= 11 is 0. The Morgan fingerprint density at radius 2 is 2.06 bits per heavy atom. The van der Waals surface area contributed by atoms with Crippen molar-refractivity contribution in [3.8, 4) is 0 Å². The van der Waals surface area contributed by atoms with Crippen LogP contribution in [0.25, 0.3) is 0 Å². The third-order valence-electron chi connectivity index (χ3n) is 3.95. The van der Waals surface area contributed by atoms with E-state index >= 15 is 0 Å². The Balaban J connectivity index is 2.67. The van der Waals surface area contributed by atoms with Crippen molar-refractivity contribution >= 4 is 11.9 Å². The molecule has 0 radical (unpaired) electrons. The molecule has 1 rings (SSSR count). The van der Waals surface area contributed by atoms with Crippen LogP contribution in [0, 0.1) is 11.3 Å². The fourth-order valence-corrected chi connectivity index (χ4v) is 2.10. The zero-order valence-corrected chi connectivity index (χ0v) is 10.5. The molecule has 0 aliphatic heterocycles. The monoisotopic (exact) mass is 242 g/mol. The number of aliphatic carboxylic acids is 1. The summed E-state index contributed by atoms with van der Waals surface area (Å²) in [7, 11) is 0. The SMILES string of the molecule is CC[C@H](C)[C@H](NC(=O)C1(CN)CCC1)C(=O)O. The van der Waals surface area contributed by atoms with Crippen molar-refractivity contribution in [3.05, 3.63) is 0 Å². The first-order chi connectivity index (χ1) is 7.96. The number of amides is 1. The van der Waals surface area contributed by atoms with E-state index in [4.69, 9.17) is 10.8 Å². The Labute approximate surface area is 102 Å². The highest BCUT2D eigenvalue weighted by Crippen LogP contribution is 2.40. The van der Waals surface area contributed by atoms with E-state index in [0.29, 0.717) is 13.0 Å². The van der Waals surface area contributed by atoms with E-state index in [9.17, 15) is 9.59 Å². The summed E-state index contributed by atoms with van der Waals surface area (Å²) < 4.78 is 0. The lowest BCUT2D eigenvalue weighted by Crippen LogP contribution is -2.55. The van der Waals surface area contributed by atoms with Crippen molar-refractivity contribution in [3.63, 3.8) is 0 Å². The fraction of sp³-hybridized carbons (Fsp3) is 0.833. The maximum absolute atomic E-state index is 12.1. The second-order valence-electron chi connectivity index (χ2n) is 5.01. The van der Waals surface area contributed by atoms with Gasteiger partial charge in [-0.3, -0.25) is 4.79 Å². The molecular formula is C12H22N2O3. The first-order valence-electron chi connectivity index (χ1n) is 6.20. The van der Waals surface area contributed by atoms with Crippen molar-refractivity contribution in [2.24, 2.45) is 17.1 Å². The van der Waals surface area contributed by atoms with Gasteiger partial charge in [0.25, 0.3) is 0 Å². The maximum atomic E-state index is 12.1. The first-order valence-corrected chi connectivity index (χ1v) is 6.20. The molecule has 0 bridgehead atoms. The van der Waals surface area contributed by atoms with Gasteiger partial charge in [0, 0.05) is 6.54 Å². The van der Waals surface area contributed by atoms with Crippen LogP contribution < -0.4 is 11.1 Å². The average molecular weight is 242 g/mol. The average Bonchev–Trinajstić information content (AvgIpc) is 2.23. The molecule has 0 unspecified atom stereocenters. The predicted octanol–water partition coefficient (Wildman–Crippen LogP) is 0.731. The molecule has 0 saturated heterocycles. The molecule has 1 amide bonds. The van der Waals surface area contributed by atoms with E-state index in [2.05, 4.69) is 5.32 Å². The van der Waals surface area contributed by atoms with Crippen LogP contribution in [-0.2, 0) is 9.59 Å². The molecule has 1 aliphatic carbocycles. The smallest absolute Gasteiger partial charge is 0.326 e. The van der Waals surface area contributed by atoms with Crippen LogP contribution >= 0.6 is 0 Å². The van der Waals surface area contributed by atoms with Crippen molar-refractivity contribution in [2.75, 3.05) is 6.54 Å². The van der Waals surface area contributed by atoms with E-state index < -0.39 is 17.4 Å². The molecule has 0 aromatic carbocycles. The minimum Gasteiger partial charge on any atom is -0.480 e. The van der Waals surface area contributed by atoms with E-state index in [1.54, 1.807) is 0 Å². The third-order valence-corrected chi connectivity index (χ3v) is 3.95. The van der Waals surface area contributed by atoms with E-state index in [1.807, 2.05) is 13.8 Å². The largest absolute Gasteiger partial charge is 0.480 e. The molecule has 17 heavy (non-hydrogen) atoms. The Kier molecular flexibility index (Phi) is 4.51. The molecule has 1 fully saturated rings. The van der Waals surface area contributed by atoms with Crippen molar-refractivity contribution in [1.82, 2.24) is 5.32 Å². The van der Waals surface area contributed by atoms with Crippen molar-refractivity contribution in [2.45, 2.75) is 45.6 Å². The molecule has 0 heterocycles. The van der Waals surface area contributed by atoms with Crippen LogP contribution in [0.1, 0.15) is 39.5 Å². The number of carboxylic acid groups (broad SMARTS) is 1. The first kappa shape index (κ1) is 14.0. The highest BCUT2D eigenvalue weighted by Gasteiger charge is 2.44. The quantitative estimate of drug-likeness (QED) is 0.640. The van der Waals surface area contributed by atoms with Gasteiger partial charge in [-0.15, -0.1) is 0 Å². The lowest BCUT2D eigenvalue weighted by atomic mass is 9.68. The van der Waals surface area contributed by atoms with Crippen LogP contribution in [0.5, 0.6) is 0 Å². The van der Waals surface area contributed by atoms with Crippen LogP contribution in [0.15, 0.2) is 0 Å². The summed E-state index contributed by atoms with van der Waals surface area (Å²) in [6, 6.07) is -0.809. The van der Waals surface area contributed by atoms with Gasteiger partial charge in [-0.2, -0.15) is 0 Å². The van der Waals surface area contributed by atoms with E-state index in [-0.39, 0.29) is 11.8 Å². The zero-order chi connectivity index (χ0) is 13.1. The number of hydrogen-bond acceptors (Lipinski definition) is 3. The van der Waals surface area contributed by atoms with Gasteiger partial charge >= 0.3 is 5.97 Å². The Hall–Kier alpha value is -1.10. The fourth-order valence-electron chi connectivity index (χ4n) is 2.10. The molecular weight excluding hydrogens is 220 g/mol. The molecule has 5 nitrogen and oxygen atoms in total. The molecule has 1 aliphatic rings. The number of carboxylic acids is 1. The molecule has 4 N–H and O–H groups in total. The van der Waals surface area contributed by atoms with Gasteiger partial charge in [0.15, 0.2) is 0 Å². The van der Waals surface area contributed by atoms with Crippen LogP contribution in [-0.4, -0.2) is 29.6 Å². The van der Waals surface area contributed by atoms with Gasteiger partial charge in [-0.1, -0.05) is 26.7 Å². The molecule has 0 aromatic heterocycles. The lowest BCUT2D eigenvalue weighted by molar-refractivity contribution is -0.147. The Bertz CT molecular complexity index is 295. The number of carbonyl (C=O) groups excluding carboxylic acids is 1. The van der Waals surface area contributed by atoms with Gasteiger partial charge in [-0.25, -0.2) is 4.79 Å². The molecule has 0 spiro atoms. The molecule has 0 aromatic rings.